The smallest absolute Gasteiger partial charge is 0.276 e. The molecule has 4 rings (SSSR count). The fraction of sp³-hybridized carbons (Fsp3) is 0.167. The van der Waals surface area contributed by atoms with Crippen LogP contribution in [0.2, 0.25) is 0 Å². The molecule has 0 spiro atoms. The molecule has 29 heavy (non-hydrogen) atoms. The summed E-state index contributed by atoms with van der Waals surface area (Å²) in [4.78, 5) is 12.9. The molecule has 2 aromatic heterocycles. The Balaban J connectivity index is 1.87. The Morgan fingerprint density at radius 3 is 2.62 bits per heavy atom. The molecule has 11 heteroatoms. The maximum atomic E-state index is 12.5. The van der Waals surface area contributed by atoms with Crippen molar-refractivity contribution < 1.29 is 18.3 Å². The lowest BCUT2D eigenvalue weighted by molar-refractivity contribution is 0.301. The quantitative estimate of drug-likeness (QED) is 0.380. The SMILES string of the molecule is COc1cccc2nc(S(=O)(=O)NCCO)nc(Nc3nc4ccccc4s3)c12. The van der Waals surface area contributed by atoms with Crippen molar-refractivity contribution in [1.29, 1.82) is 0 Å². The van der Waals surface area contributed by atoms with Gasteiger partial charge in [0.25, 0.3) is 15.2 Å². The molecule has 0 bridgehead atoms. The first-order chi connectivity index (χ1) is 14.0. The van der Waals surface area contributed by atoms with Gasteiger partial charge in [-0.2, -0.15) is 4.98 Å². The van der Waals surface area contributed by atoms with E-state index < -0.39 is 15.2 Å². The highest BCUT2D eigenvalue weighted by atomic mass is 32.2. The molecule has 0 aliphatic rings. The molecule has 2 heterocycles. The summed E-state index contributed by atoms with van der Waals surface area (Å²) >= 11 is 1.42. The number of benzene rings is 2. The van der Waals surface area contributed by atoms with Crippen molar-refractivity contribution in [3.8, 4) is 5.75 Å². The molecule has 0 amide bonds. The molecular formula is C18H17N5O4S2. The number of hydrogen-bond acceptors (Lipinski definition) is 9. The predicted molar refractivity (Wildman–Crippen MR) is 111 cm³/mol. The lowest BCUT2D eigenvalue weighted by Gasteiger charge is -2.12. The molecule has 150 valence electrons. The van der Waals surface area contributed by atoms with Crippen molar-refractivity contribution in [2.75, 3.05) is 25.6 Å². The maximum absolute atomic E-state index is 12.5. The van der Waals surface area contributed by atoms with Gasteiger partial charge in [0.1, 0.15) is 11.6 Å². The molecule has 0 aliphatic carbocycles. The molecule has 0 saturated carbocycles. The van der Waals surface area contributed by atoms with Gasteiger partial charge in [0.15, 0.2) is 5.13 Å². The number of ether oxygens (including phenoxy) is 1. The van der Waals surface area contributed by atoms with E-state index in [0.29, 0.717) is 21.8 Å². The van der Waals surface area contributed by atoms with Crippen molar-refractivity contribution in [2.45, 2.75) is 5.16 Å². The average molecular weight is 431 g/mol. The summed E-state index contributed by atoms with van der Waals surface area (Å²) in [5.74, 6) is 0.759. The number of para-hydroxylation sites is 1. The Bertz CT molecular complexity index is 1260. The zero-order chi connectivity index (χ0) is 20.4. The van der Waals surface area contributed by atoms with Gasteiger partial charge in [0, 0.05) is 6.54 Å². The summed E-state index contributed by atoms with van der Waals surface area (Å²) < 4.78 is 33.7. The van der Waals surface area contributed by atoms with E-state index in [1.54, 1.807) is 18.2 Å². The van der Waals surface area contributed by atoms with Gasteiger partial charge >= 0.3 is 0 Å². The highest BCUT2D eigenvalue weighted by Crippen LogP contribution is 2.34. The Morgan fingerprint density at radius 1 is 1.07 bits per heavy atom. The maximum Gasteiger partial charge on any atom is 0.276 e. The number of hydrogen-bond donors (Lipinski definition) is 3. The lowest BCUT2D eigenvalue weighted by atomic mass is 10.2. The second-order valence-electron chi connectivity index (χ2n) is 5.94. The van der Waals surface area contributed by atoms with Crippen LogP contribution in [0.1, 0.15) is 0 Å². The molecule has 9 nitrogen and oxygen atoms in total. The van der Waals surface area contributed by atoms with Gasteiger partial charge < -0.3 is 15.2 Å². The number of aromatic nitrogens is 3. The summed E-state index contributed by atoms with van der Waals surface area (Å²) in [5, 5.41) is 12.7. The van der Waals surface area contributed by atoms with Crippen molar-refractivity contribution >= 4 is 53.4 Å². The second-order valence-corrected chi connectivity index (χ2v) is 8.63. The van der Waals surface area contributed by atoms with E-state index in [0.717, 1.165) is 10.2 Å². The topological polar surface area (TPSA) is 126 Å². The third kappa shape index (κ3) is 3.85. The van der Waals surface area contributed by atoms with Crippen LogP contribution in [-0.4, -0.2) is 48.7 Å². The molecule has 4 aromatic rings. The minimum Gasteiger partial charge on any atom is -0.496 e. The Labute approximate surface area is 170 Å². The number of sulfonamides is 1. The van der Waals surface area contributed by atoms with E-state index >= 15 is 0 Å². The van der Waals surface area contributed by atoms with Gasteiger partial charge in [-0.15, -0.1) is 0 Å². The minimum atomic E-state index is -4.00. The summed E-state index contributed by atoms with van der Waals surface area (Å²) in [6.45, 7) is -0.472. The fourth-order valence-corrected chi connectivity index (χ4v) is 4.57. The van der Waals surface area contributed by atoms with E-state index in [-0.39, 0.29) is 19.0 Å². The van der Waals surface area contributed by atoms with E-state index in [1.807, 2.05) is 24.3 Å². The molecule has 3 N–H and O–H groups in total. The van der Waals surface area contributed by atoms with E-state index in [1.165, 1.54) is 18.4 Å². The van der Waals surface area contributed by atoms with Crippen LogP contribution in [0.15, 0.2) is 47.6 Å². The lowest BCUT2D eigenvalue weighted by Crippen LogP contribution is -2.28. The van der Waals surface area contributed by atoms with Gasteiger partial charge in [0.2, 0.25) is 0 Å². The van der Waals surface area contributed by atoms with Crippen LogP contribution < -0.4 is 14.8 Å². The molecular weight excluding hydrogens is 414 g/mol. The first kappa shape index (κ1) is 19.5. The standard InChI is InChI=1S/C18H17N5O4S2/c1-27-13-7-4-6-12-15(13)16(23-18(21-12)29(25,26)19-9-10-24)22-17-20-11-5-2-3-8-14(11)28-17/h2-8,19,24H,9-10H2,1H3,(H,20,21,22,23). The largest absolute Gasteiger partial charge is 0.496 e. The predicted octanol–water partition coefficient (Wildman–Crippen LogP) is 2.26. The van der Waals surface area contributed by atoms with E-state index in [9.17, 15) is 8.42 Å². The van der Waals surface area contributed by atoms with Gasteiger partial charge in [-0.05, 0) is 24.3 Å². The van der Waals surface area contributed by atoms with Gasteiger partial charge in [0.05, 0.1) is 34.8 Å². The van der Waals surface area contributed by atoms with Crippen LogP contribution >= 0.6 is 11.3 Å². The van der Waals surface area contributed by atoms with E-state index in [2.05, 4.69) is 25.0 Å². The Kier molecular flexibility index (Phi) is 5.28. The number of rotatable bonds is 7. The van der Waals surface area contributed by atoms with Crippen LogP contribution in [0.5, 0.6) is 5.75 Å². The number of anilines is 2. The molecule has 0 unspecified atom stereocenters. The Hall–Kier alpha value is -2.86. The van der Waals surface area contributed by atoms with Crippen LogP contribution in [0.4, 0.5) is 10.9 Å². The van der Waals surface area contributed by atoms with E-state index in [4.69, 9.17) is 9.84 Å². The summed E-state index contributed by atoms with van der Waals surface area (Å²) in [6, 6.07) is 12.8. The molecule has 0 saturated heterocycles. The van der Waals surface area contributed by atoms with Crippen LogP contribution in [0.3, 0.4) is 0 Å². The van der Waals surface area contributed by atoms with Crippen molar-refractivity contribution in [1.82, 2.24) is 19.7 Å². The summed E-state index contributed by atoms with van der Waals surface area (Å²) in [7, 11) is -2.49. The fourth-order valence-electron chi connectivity index (χ4n) is 2.78. The Morgan fingerprint density at radius 2 is 1.86 bits per heavy atom. The van der Waals surface area contributed by atoms with Crippen molar-refractivity contribution in [2.24, 2.45) is 0 Å². The van der Waals surface area contributed by atoms with Crippen molar-refractivity contribution in [3.05, 3.63) is 42.5 Å². The highest BCUT2D eigenvalue weighted by Gasteiger charge is 2.22. The monoisotopic (exact) mass is 431 g/mol. The first-order valence-electron chi connectivity index (χ1n) is 8.59. The number of thiazole rings is 1. The number of nitrogens with one attached hydrogen (secondary N) is 2. The number of methoxy groups -OCH3 is 1. The molecule has 0 atom stereocenters. The molecule has 0 fully saturated rings. The van der Waals surface area contributed by atoms with Gasteiger partial charge in [-0.25, -0.2) is 23.1 Å². The molecule has 2 aromatic carbocycles. The van der Waals surface area contributed by atoms with Gasteiger partial charge in [-0.1, -0.05) is 29.5 Å². The van der Waals surface area contributed by atoms with Crippen molar-refractivity contribution in [3.63, 3.8) is 0 Å². The first-order valence-corrected chi connectivity index (χ1v) is 10.9. The molecule has 0 radical (unpaired) electrons. The molecule has 0 aliphatic heterocycles. The normalized spacial score (nSPS) is 11.8. The third-order valence-corrected chi connectivity index (χ3v) is 6.25. The highest BCUT2D eigenvalue weighted by molar-refractivity contribution is 7.89. The number of aliphatic hydroxyl groups is 1. The summed E-state index contributed by atoms with van der Waals surface area (Å²) in [6.07, 6.45) is 0. The number of fused-ring (bicyclic) bond motifs is 2. The van der Waals surface area contributed by atoms with Crippen LogP contribution in [0, 0.1) is 0 Å². The number of aliphatic hydroxyl groups excluding tert-OH is 1. The van der Waals surface area contributed by atoms with Crippen LogP contribution in [-0.2, 0) is 10.0 Å². The van der Waals surface area contributed by atoms with Gasteiger partial charge in [-0.3, -0.25) is 0 Å². The third-order valence-electron chi connectivity index (χ3n) is 4.05. The summed E-state index contributed by atoms with van der Waals surface area (Å²) in [5.41, 5.74) is 1.22. The zero-order valence-corrected chi connectivity index (χ0v) is 16.9. The zero-order valence-electron chi connectivity index (χ0n) is 15.3. The minimum absolute atomic E-state index is 0.136. The average Bonchev–Trinajstić information content (AvgIpc) is 3.14. The second kappa shape index (κ2) is 7.87. The van der Waals surface area contributed by atoms with Crippen LogP contribution in [0.25, 0.3) is 21.1 Å². The number of nitrogens with zero attached hydrogens (tertiary/aromatic N) is 3.